The molecule has 20 heavy (non-hydrogen) atoms. The smallest absolute Gasteiger partial charge is 0.255 e. The number of rotatable bonds is 7. The molecular formula is C14H25N3O3. The van der Waals surface area contributed by atoms with Gasteiger partial charge in [0.05, 0.1) is 0 Å². The minimum atomic E-state index is -0.783. The van der Waals surface area contributed by atoms with Crippen molar-refractivity contribution in [2.75, 3.05) is 13.2 Å². The molecule has 0 radical (unpaired) electrons. The lowest BCUT2D eigenvalue weighted by molar-refractivity contribution is -0.00145. The van der Waals surface area contributed by atoms with Crippen LogP contribution in [0, 0.1) is 5.92 Å². The summed E-state index contributed by atoms with van der Waals surface area (Å²) in [5, 5.41) is 13.8. The highest BCUT2D eigenvalue weighted by Gasteiger charge is 2.30. The molecule has 0 aromatic carbocycles. The van der Waals surface area contributed by atoms with E-state index >= 15 is 0 Å². The highest BCUT2D eigenvalue weighted by Crippen LogP contribution is 2.36. The Balaban J connectivity index is 2.08. The average Bonchev–Trinajstić information content (AvgIpc) is 2.95. The maximum atomic E-state index is 9.84. The van der Waals surface area contributed by atoms with Gasteiger partial charge in [0.25, 0.3) is 5.89 Å². The van der Waals surface area contributed by atoms with Gasteiger partial charge in [-0.3, -0.25) is 0 Å². The van der Waals surface area contributed by atoms with Crippen molar-refractivity contribution in [2.24, 2.45) is 11.7 Å². The van der Waals surface area contributed by atoms with E-state index in [1.165, 1.54) is 19.3 Å². The number of aliphatic hydroxyl groups excluding tert-OH is 1. The molecule has 0 aliphatic heterocycles. The lowest BCUT2D eigenvalue weighted by Crippen LogP contribution is -2.20. The SMILES string of the molecule is CCOC(c1noc(C(O)CCN)n1)C1CCCCC1. The predicted molar refractivity (Wildman–Crippen MR) is 73.9 cm³/mol. The van der Waals surface area contributed by atoms with Gasteiger partial charge in [-0.15, -0.1) is 0 Å². The van der Waals surface area contributed by atoms with Crippen molar-refractivity contribution >= 4 is 0 Å². The van der Waals surface area contributed by atoms with Crippen LogP contribution in [0.3, 0.4) is 0 Å². The second-order valence-electron chi connectivity index (χ2n) is 5.36. The molecule has 1 fully saturated rings. The molecule has 0 bridgehead atoms. The first kappa shape index (κ1) is 15.4. The van der Waals surface area contributed by atoms with E-state index < -0.39 is 6.10 Å². The second kappa shape index (κ2) is 7.71. The molecule has 0 spiro atoms. The van der Waals surface area contributed by atoms with Gasteiger partial charge in [0.1, 0.15) is 12.2 Å². The Labute approximate surface area is 119 Å². The quantitative estimate of drug-likeness (QED) is 0.796. The summed E-state index contributed by atoms with van der Waals surface area (Å²) in [6.07, 6.45) is 5.55. The van der Waals surface area contributed by atoms with E-state index in [9.17, 15) is 5.11 Å². The number of nitrogens with two attached hydrogens (primary N) is 1. The summed E-state index contributed by atoms with van der Waals surface area (Å²) in [6.45, 7) is 2.98. The van der Waals surface area contributed by atoms with Crippen LogP contribution in [0.15, 0.2) is 4.52 Å². The molecule has 3 N–H and O–H groups in total. The Morgan fingerprint density at radius 3 is 2.80 bits per heavy atom. The number of hydrogen-bond donors (Lipinski definition) is 2. The standard InChI is InChI=1S/C14H25N3O3/c1-2-19-12(10-6-4-3-5-7-10)13-16-14(20-17-13)11(18)8-9-15/h10-12,18H,2-9,15H2,1H3. The molecule has 2 rings (SSSR count). The third-order valence-corrected chi connectivity index (χ3v) is 3.86. The Morgan fingerprint density at radius 2 is 2.15 bits per heavy atom. The van der Waals surface area contributed by atoms with Crippen LogP contribution in [-0.2, 0) is 4.74 Å². The summed E-state index contributed by atoms with van der Waals surface area (Å²) >= 11 is 0. The molecule has 6 heteroatoms. The molecule has 1 aliphatic rings. The van der Waals surface area contributed by atoms with E-state index in [1.807, 2.05) is 6.92 Å². The van der Waals surface area contributed by atoms with Crippen molar-refractivity contribution in [1.82, 2.24) is 10.1 Å². The average molecular weight is 283 g/mol. The minimum Gasteiger partial charge on any atom is -0.383 e. The Kier molecular flexibility index (Phi) is 5.94. The van der Waals surface area contributed by atoms with Crippen LogP contribution >= 0.6 is 0 Å². The Morgan fingerprint density at radius 1 is 1.40 bits per heavy atom. The Hall–Kier alpha value is -0.980. The normalized spacial score (nSPS) is 19.9. The minimum absolute atomic E-state index is 0.122. The van der Waals surface area contributed by atoms with Crippen molar-refractivity contribution in [3.63, 3.8) is 0 Å². The van der Waals surface area contributed by atoms with Crippen LogP contribution < -0.4 is 5.73 Å². The van der Waals surface area contributed by atoms with Gasteiger partial charge in [-0.25, -0.2) is 0 Å². The van der Waals surface area contributed by atoms with E-state index in [1.54, 1.807) is 0 Å². The summed E-state index contributed by atoms with van der Waals surface area (Å²) in [6, 6.07) is 0. The van der Waals surface area contributed by atoms with Gasteiger partial charge in [0.2, 0.25) is 5.82 Å². The van der Waals surface area contributed by atoms with Crippen molar-refractivity contribution in [3.8, 4) is 0 Å². The van der Waals surface area contributed by atoms with Crippen LogP contribution in [0.2, 0.25) is 0 Å². The molecule has 1 aromatic heterocycles. The summed E-state index contributed by atoms with van der Waals surface area (Å²) in [5.41, 5.74) is 5.42. The molecule has 114 valence electrons. The van der Waals surface area contributed by atoms with E-state index in [0.717, 1.165) is 12.8 Å². The highest BCUT2D eigenvalue weighted by atomic mass is 16.5. The van der Waals surface area contributed by atoms with Gasteiger partial charge in [0, 0.05) is 6.61 Å². The van der Waals surface area contributed by atoms with Crippen LogP contribution in [0.1, 0.15) is 69.4 Å². The maximum Gasteiger partial charge on any atom is 0.255 e. The monoisotopic (exact) mass is 283 g/mol. The van der Waals surface area contributed by atoms with E-state index in [4.69, 9.17) is 15.0 Å². The summed E-state index contributed by atoms with van der Waals surface area (Å²) in [7, 11) is 0. The summed E-state index contributed by atoms with van der Waals surface area (Å²) in [4.78, 5) is 4.31. The maximum absolute atomic E-state index is 9.84. The van der Waals surface area contributed by atoms with Gasteiger partial charge in [-0.2, -0.15) is 4.98 Å². The third kappa shape index (κ3) is 3.77. The molecule has 0 amide bonds. The number of ether oxygens (including phenoxy) is 1. The first-order chi connectivity index (χ1) is 9.76. The van der Waals surface area contributed by atoms with E-state index in [-0.39, 0.29) is 12.0 Å². The number of nitrogens with zero attached hydrogens (tertiary/aromatic N) is 2. The first-order valence-corrected chi connectivity index (χ1v) is 7.59. The Bertz CT molecular complexity index is 391. The highest BCUT2D eigenvalue weighted by molar-refractivity contribution is 4.97. The van der Waals surface area contributed by atoms with E-state index in [0.29, 0.717) is 31.3 Å². The zero-order chi connectivity index (χ0) is 14.4. The predicted octanol–water partition coefficient (Wildman–Crippen LogP) is 2.11. The van der Waals surface area contributed by atoms with Crippen LogP contribution in [0.25, 0.3) is 0 Å². The number of hydrogen-bond acceptors (Lipinski definition) is 6. The molecule has 1 saturated carbocycles. The number of aliphatic hydroxyl groups is 1. The van der Waals surface area contributed by atoms with Crippen molar-refractivity contribution in [3.05, 3.63) is 11.7 Å². The van der Waals surface area contributed by atoms with Crippen LogP contribution in [0.5, 0.6) is 0 Å². The molecule has 2 unspecified atom stereocenters. The molecular weight excluding hydrogens is 258 g/mol. The largest absolute Gasteiger partial charge is 0.383 e. The molecule has 1 aromatic rings. The molecule has 1 aliphatic carbocycles. The lowest BCUT2D eigenvalue weighted by atomic mass is 9.85. The zero-order valence-corrected chi connectivity index (χ0v) is 12.1. The van der Waals surface area contributed by atoms with Gasteiger partial charge in [-0.05, 0) is 38.6 Å². The zero-order valence-electron chi connectivity index (χ0n) is 12.1. The van der Waals surface area contributed by atoms with Crippen LogP contribution in [-0.4, -0.2) is 28.4 Å². The van der Waals surface area contributed by atoms with Gasteiger partial charge < -0.3 is 20.1 Å². The fourth-order valence-electron chi connectivity index (χ4n) is 2.82. The van der Waals surface area contributed by atoms with Crippen molar-refractivity contribution in [2.45, 2.75) is 57.7 Å². The molecule has 1 heterocycles. The van der Waals surface area contributed by atoms with Crippen LogP contribution in [0.4, 0.5) is 0 Å². The molecule has 0 saturated heterocycles. The first-order valence-electron chi connectivity index (χ1n) is 7.59. The van der Waals surface area contributed by atoms with Gasteiger partial charge >= 0.3 is 0 Å². The molecule has 6 nitrogen and oxygen atoms in total. The summed E-state index contributed by atoms with van der Waals surface area (Å²) < 4.78 is 11.0. The topological polar surface area (TPSA) is 94.4 Å². The molecule has 2 atom stereocenters. The fourth-order valence-corrected chi connectivity index (χ4v) is 2.82. The van der Waals surface area contributed by atoms with Crippen molar-refractivity contribution < 1.29 is 14.4 Å². The number of aromatic nitrogens is 2. The van der Waals surface area contributed by atoms with Crippen molar-refractivity contribution in [1.29, 1.82) is 0 Å². The lowest BCUT2D eigenvalue weighted by Gasteiger charge is -2.27. The van der Waals surface area contributed by atoms with E-state index in [2.05, 4.69) is 10.1 Å². The van der Waals surface area contributed by atoms with Gasteiger partial charge in [0.15, 0.2) is 0 Å². The van der Waals surface area contributed by atoms with Gasteiger partial charge in [-0.1, -0.05) is 24.4 Å². The fraction of sp³-hybridized carbons (Fsp3) is 0.857. The second-order valence-corrected chi connectivity index (χ2v) is 5.36. The third-order valence-electron chi connectivity index (χ3n) is 3.86. The summed E-state index contributed by atoms with van der Waals surface area (Å²) in [5.74, 6) is 1.25.